The van der Waals surface area contributed by atoms with Crippen molar-refractivity contribution in [3.05, 3.63) is 28.8 Å². The van der Waals surface area contributed by atoms with Gasteiger partial charge < -0.3 is 14.7 Å². The van der Waals surface area contributed by atoms with Crippen molar-refractivity contribution in [3.63, 3.8) is 0 Å². The Hall–Kier alpha value is -1.26. The summed E-state index contributed by atoms with van der Waals surface area (Å²) in [5.41, 5.74) is 0.468. The standard InChI is InChI=1S/C13H18ClNO3/c1-9(16)6-7-15(2)13(17)11-5-4-10(14)8-12(11)18-3/h4-5,8-9,16H,6-7H2,1-3H3. The van der Waals surface area contributed by atoms with E-state index in [0.29, 0.717) is 29.3 Å². The van der Waals surface area contributed by atoms with Gasteiger partial charge in [-0.25, -0.2) is 0 Å². The average Bonchev–Trinajstić information content (AvgIpc) is 2.34. The zero-order chi connectivity index (χ0) is 13.7. The lowest BCUT2D eigenvalue weighted by Crippen LogP contribution is -2.29. The molecule has 0 spiro atoms. The molecule has 1 unspecified atom stereocenters. The number of amides is 1. The van der Waals surface area contributed by atoms with Crippen molar-refractivity contribution < 1.29 is 14.6 Å². The zero-order valence-corrected chi connectivity index (χ0v) is 11.6. The first-order valence-electron chi connectivity index (χ1n) is 5.72. The van der Waals surface area contributed by atoms with E-state index in [1.54, 1.807) is 37.1 Å². The highest BCUT2D eigenvalue weighted by molar-refractivity contribution is 6.30. The molecule has 0 aromatic heterocycles. The molecule has 0 aliphatic rings. The smallest absolute Gasteiger partial charge is 0.257 e. The molecule has 1 N–H and O–H groups in total. The summed E-state index contributed by atoms with van der Waals surface area (Å²) in [5.74, 6) is 0.306. The molecule has 0 radical (unpaired) electrons. The molecule has 1 aromatic rings. The van der Waals surface area contributed by atoms with Crippen LogP contribution in [0, 0.1) is 0 Å². The number of aliphatic hydroxyl groups is 1. The minimum absolute atomic E-state index is 0.149. The van der Waals surface area contributed by atoms with Gasteiger partial charge in [0.15, 0.2) is 0 Å². The molecule has 0 bridgehead atoms. The minimum atomic E-state index is -0.424. The number of hydrogen-bond donors (Lipinski definition) is 1. The lowest BCUT2D eigenvalue weighted by Gasteiger charge is -2.19. The topological polar surface area (TPSA) is 49.8 Å². The predicted octanol–water partition coefficient (Wildman–Crippen LogP) is 2.19. The van der Waals surface area contributed by atoms with Gasteiger partial charge in [0, 0.05) is 18.6 Å². The molecule has 0 aliphatic heterocycles. The molecule has 1 atom stereocenters. The SMILES string of the molecule is COc1cc(Cl)ccc1C(=O)N(C)CCC(C)O. The maximum Gasteiger partial charge on any atom is 0.257 e. The number of hydrogen-bond acceptors (Lipinski definition) is 3. The fourth-order valence-corrected chi connectivity index (χ4v) is 1.69. The molecule has 18 heavy (non-hydrogen) atoms. The highest BCUT2D eigenvalue weighted by Gasteiger charge is 2.17. The molecule has 5 heteroatoms. The Balaban J connectivity index is 2.83. The second kappa shape index (κ2) is 6.61. The number of benzene rings is 1. The summed E-state index contributed by atoms with van der Waals surface area (Å²) in [4.78, 5) is 13.7. The van der Waals surface area contributed by atoms with Crippen LogP contribution in [0.3, 0.4) is 0 Å². The Morgan fingerprint density at radius 1 is 1.56 bits per heavy atom. The van der Waals surface area contributed by atoms with Crippen LogP contribution in [0.2, 0.25) is 5.02 Å². The second-order valence-corrected chi connectivity index (χ2v) is 4.65. The number of rotatable bonds is 5. The summed E-state index contributed by atoms with van der Waals surface area (Å²) in [5, 5.41) is 9.73. The third kappa shape index (κ3) is 3.89. The van der Waals surface area contributed by atoms with Crippen LogP contribution >= 0.6 is 11.6 Å². The molecule has 0 saturated carbocycles. The molecular formula is C13H18ClNO3. The molecular weight excluding hydrogens is 254 g/mol. The Bertz CT molecular complexity index is 421. The van der Waals surface area contributed by atoms with E-state index in [1.807, 2.05) is 0 Å². The van der Waals surface area contributed by atoms with E-state index in [9.17, 15) is 9.90 Å². The monoisotopic (exact) mass is 271 g/mol. The molecule has 0 aliphatic carbocycles. The molecule has 0 saturated heterocycles. The fourth-order valence-electron chi connectivity index (χ4n) is 1.53. The van der Waals surface area contributed by atoms with Crippen LogP contribution in [0.25, 0.3) is 0 Å². The van der Waals surface area contributed by atoms with E-state index in [4.69, 9.17) is 16.3 Å². The largest absolute Gasteiger partial charge is 0.496 e. The van der Waals surface area contributed by atoms with Gasteiger partial charge in [0.1, 0.15) is 5.75 Å². The first-order chi connectivity index (χ1) is 8.45. The normalized spacial score (nSPS) is 12.1. The molecule has 0 fully saturated rings. The number of nitrogens with zero attached hydrogens (tertiary/aromatic N) is 1. The van der Waals surface area contributed by atoms with Gasteiger partial charge in [-0.1, -0.05) is 11.6 Å². The number of halogens is 1. The Kier molecular flexibility index (Phi) is 5.44. The summed E-state index contributed by atoms with van der Waals surface area (Å²) in [6, 6.07) is 4.90. The van der Waals surface area contributed by atoms with E-state index in [2.05, 4.69) is 0 Å². The molecule has 0 heterocycles. The van der Waals surface area contributed by atoms with Crippen molar-refractivity contribution in [3.8, 4) is 5.75 Å². The van der Waals surface area contributed by atoms with Crippen LogP contribution < -0.4 is 4.74 Å². The van der Waals surface area contributed by atoms with Crippen LogP contribution in [-0.4, -0.2) is 42.7 Å². The first-order valence-corrected chi connectivity index (χ1v) is 6.10. The Morgan fingerprint density at radius 3 is 2.78 bits per heavy atom. The summed E-state index contributed by atoms with van der Waals surface area (Å²) >= 11 is 5.84. The van der Waals surface area contributed by atoms with E-state index in [0.717, 1.165) is 0 Å². The number of methoxy groups -OCH3 is 1. The highest BCUT2D eigenvalue weighted by atomic mass is 35.5. The van der Waals surface area contributed by atoms with E-state index in [1.165, 1.54) is 7.11 Å². The Morgan fingerprint density at radius 2 is 2.22 bits per heavy atom. The van der Waals surface area contributed by atoms with Crippen LogP contribution in [0.15, 0.2) is 18.2 Å². The zero-order valence-electron chi connectivity index (χ0n) is 10.8. The van der Waals surface area contributed by atoms with Crippen molar-refractivity contribution in [2.75, 3.05) is 20.7 Å². The van der Waals surface area contributed by atoms with Crippen LogP contribution in [0.5, 0.6) is 5.75 Å². The fraction of sp³-hybridized carbons (Fsp3) is 0.462. The third-order valence-corrected chi connectivity index (χ3v) is 2.86. The first kappa shape index (κ1) is 14.8. The van der Waals surface area contributed by atoms with Crippen molar-refractivity contribution >= 4 is 17.5 Å². The lowest BCUT2D eigenvalue weighted by atomic mass is 10.1. The van der Waals surface area contributed by atoms with E-state index in [-0.39, 0.29) is 5.91 Å². The van der Waals surface area contributed by atoms with Crippen molar-refractivity contribution in [2.24, 2.45) is 0 Å². The van der Waals surface area contributed by atoms with E-state index >= 15 is 0 Å². The molecule has 1 rings (SSSR count). The highest BCUT2D eigenvalue weighted by Crippen LogP contribution is 2.24. The summed E-state index contributed by atoms with van der Waals surface area (Å²) in [6.07, 6.45) is 0.116. The summed E-state index contributed by atoms with van der Waals surface area (Å²) < 4.78 is 5.14. The maximum atomic E-state index is 12.2. The summed E-state index contributed by atoms with van der Waals surface area (Å²) in [7, 11) is 3.19. The third-order valence-electron chi connectivity index (χ3n) is 2.62. The van der Waals surface area contributed by atoms with Crippen molar-refractivity contribution in [2.45, 2.75) is 19.4 Å². The van der Waals surface area contributed by atoms with Gasteiger partial charge in [-0.2, -0.15) is 0 Å². The van der Waals surface area contributed by atoms with Gasteiger partial charge in [-0.05, 0) is 31.5 Å². The molecule has 4 nitrogen and oxygen atoms in total. The Labute approximate surface area is 112 Å². The number of aliphatic hydroxyl groups excluding tert-OH is 1. The number of ether oxygens (including phenoxy) is 1. The quantitative estimate of drug-likeness (QED) is 0.893. The van der Waals surface area contributed by atoms with Crippen molar-refractivity contribution in [1.29, 1.82) is 0 Å². The lowest BCUT2D eigenvalue weighted by molar-refractivity contribution is 0.0765. The molecule has 1 aromatic carbocycles. The van der Waals surface area contributed by atoms with Gasteiger partial charge in [0.2, 0.25) is 0 Å². The second-order valence-electron chi connectivity index (χ2n) is 4.21. The maximum absolute atomic E-state index is 12.2. The van der Waals surface area contributed by atoms with Crippen LogP contribution in [0.1, 0.15) is 23.7 Å². The van der Waals surface area contributed by atoms with Gasteiger partial charge in [0.05, 0.1) is 18.8 Å². The van der Waals surface area contributed by atoms with Gasteiger partial charge in [-0.3, -0.25) is 4.79 Å². The number of carbonyl (C=O) groups is 1. The number of carbonyl (C=O) groups excluding carboxylic acids is 1. The van der Waals surface area contributed by atoms with Crippen molar-refractivity contribution in [1.82, 2.24) is 4.90 Å². The minimum Gasteiger partial charge on any atom is -0.496 e. The van der Waals surface area contributed by atoms with Gasteiger partial charge in [-0.15, -0.1) is 0 Å². The molecule has 100 valence electrons. The summed E-state index contributed by atoms with van der Waals surface area (Å²) in [6.45, 7) is 2.18. The predicted molar refractivity (Wildman–Crippen MR) is 71.3 cm³/mol. The van der Waals surface area contributed by atoms with Gasteiger partial charge >= 0.3 is 0 Å². The average molecular weight is 272 g/mol. The molecule has 1 amide bonds. The van der Waals surface area contributed by atoms with E-state index < -0.39 is 6.10 Å². The van der Waals surface area contributed by atoms with Gasteiger partial charge in [0.25, 0.3) is 5.91 Å². The van der Waals surface area contributed by atoms with Crippen LogP contribution in [0.4, 0.5) is 0 Å². The van der Waals surface area contributed by atoms with Crippen LogP contribution in [-0.2, 0) is 0 Å².